The van der Waals surface area contributed by atoms with E-state index >= 15 is 0 Å². The number of ether oxygens (including phenoxy) is 2. The second kappa shape index (κ2) is 7.03. The second-order valence-corrected chi connectivity index (χ2v) is 4.59. The number of methoxy groups -OCH3 is 1. The van der Waals surface area contributed by atoms with E-state index in [1.54, 1.807) is 0 Å². The molecule has 0 unspecified atom stereocenters. The number of anilines is 2. The number of nitrogens with one attached hydrogen (secondary N) is 1. The highest BCUT2D eigenvalue weighted by Gasteiger charge is 2.29. The molecular formula is C14H9F7N2O2. The zero-order valence-electron chi connectivity index (χ0n) is 12.3. The topological polar surface area (TPSA) is 43.4 Å². The standard InChI is InChI=1S/C14H9F7N2O2/c1-24-7-3-2-6(4-8(7)25-5-14(19,20)21)22-11-9(15)12(17)23-13(18)10(11)16/h2-4H,5H2,1H3,(H,22,23). The fourth-order valence-corrected chi connectivity index (χ4v) is 1.77. The Hall–Kier alpha value is -2.72. The first-order valence-corrected chi connectivity index (χ1v) is 6.47. The Bertz CT molecular complexity index is 755. The Labute approximate surface area is 136 Å². The summed E-state index contributed by atoms with van der Waals surface area (Å²) in [6.45, 7) is -1.64. The number of rotatable bonds is 5. The lowest BCUT2D eigenvalue weighted by atomic mass is 10.2. The molecule has 4 nitrogen and oxygen atoms in total. The van der Waals surface area contributed by atoms with Gasteiger partial charge in [0.05, 0.1) is 7.11 Å². The van der Waals surface area contributed by atoms with Crippen LogP contribution in [-0.4, -0.2) is 24.9 Å². The molecule has 136 valence electrons. The highest BCUT2D eigenvalue weighted by atomic mass is 19.4. The number of nitrogens with zero attached hydrogens (tertiary/aromatic N) is 1. The second-order valence-electron chi connectivity index (χ2n) is 4.59. The Morgan fingerprint density at radius 1 is 1.00 bits per heavy atom. The molecule has 0 spiro atoms. The summed E-state index contributed by atoms with van der Waals surface area (Å²) in [5.74, 6) is -7.87. The van der Waals surface area contributed by atoms with Crippen molar-refractivity contribution in [3.63, 3.8) is 0 Å². The summed E-state index contributed by atoms with van der Waals surface area (Å²) in [4.78, 5) is 2.38. The first kappa shape index (κ1) is 18.6. The Morgan fingerprint density at radius 3 is 2.12 bits per heavy atom. The van der Waals surface area contributed by atoms with E-state index in [-0.39, 0.29) is 11.4 Å². The largest absolute Gasteiger partial charge is 0.493 e. The lowest BCUT2D eigenvalue weighted by Gasteiger charge is -2.15. The Morgan fingerprint density at radius 2 is 1.60 bits per heavy atom. The fourth-order valence-electron chi connectivity index (χ4n) is 1.77. The van der Waals surface area contributed by atoms with Crippen molar-refractivity contribution in [3.05, 3.63) is 41.7 Å². The van der Waals surface area contributed by atoms with Crippen LogP contribution in [0.1, 0.15) is 0 Å². The maximum atomic E-state index is 13.6. The third-order valence-corrected chi connectivity index (χ3v) is 2.82. The SMILES string of the molecule is COc1ccc(Nc2c(F)c(F)nc(F)c2F)cc1OCC(F)(F)F. The zero-order chi connectivity index (χ0) is 18.8. The molecule has 0 amide bonds. The minimum atomic E-state index is -4.63. The maximum Gasteiger partial charge on any atom is 0.422 e. The number of pyridine rings is 1. The van der Waals surface area contributed by atoms with Crippen LogP contribution in [0.3, 0.4) is 0 Å². The summed E-state index contributed by atoms with van der Waals surface area (Å²) < 4.78 is 99.4. The van der Waals surface area contributed by atoms with E-state index in [1.807, 2.05) is 5.32 Å². The molecule has 1 heterocycles. The van der Waals surface area contributed by atoms with E-state index in [2.05, 4.69) is 9.72 Å². The van der Waals surface area contributed by atoms with Crippen LogP contribution in [0.5, 0.6) is 11.5 Å². The van der Waals surface area contributed by atoms with Crippen LogP contribution in [0.4, 0.5) is 42.1 Å². The van der Waals surface area contributed by atoms with Gasteiger partial charge in [-0.3, -0.25) is 0 Å². The van der Waals surface area contributed by atoms with Gasteiger partial charge in [-0.15, -0.1) is 0 Å². The third kappa shape index (κ3) is 4.43. The number of alkyl halides is 3. The predicted octanol–water partition coefficient (Wildman–Crippen LogP) is 4.33. The van der Waals surface area contributed by atoms with Gasteiger partial charge >= 0.3 is 6.18 Å². The first-order valence-electron chi connectivity index (χ1n) is 6.47. The Kier molecular flexibility index (Phi) is 5.24. The molecular weight excluding hydrogens is 361 g/mol. The average Bonchev–Trinajstić information content (AvgIpc) is 2.54. The molecule has 25 heavy (non-hydrogen) atoms. The minimum absolute atomic E-state index is 0.0946. The van der Waals surface area contributed by atoms with E-state index in [4.69, 9.17) is 4.74 Å². The van der Waals surface area contributed by atoms with Crippen LogP contribution in [-0.2, 0) is 0 Å². The van der Waals surface area contributed by atoms with Gasteiger partial charge in [-0.05, 0) is 12.1 Å². The van der Waals surface area contributed by atoms with Crippen LogP contribution in [0.2, 0.25) is 0 Å². The number of hydrogen-bond acceptors (Lipinski definition) is 4. The number of benzene rings is 1. The first-order chi connectivity index (χ1) is 11.6. The monoisotopic (exact) mass is 370 g/mol. The van der Waals surface area contributed by atoms with Gasteiger partial charge < -0.3 is 14.8 Å². The number of halogens is 7. The van der Waals surface area contributed by atoms with Gasteiger partial charge in [-0.2, -0.15) is 35.7 Å². The molecule has 0 bridgehead atoms. The lowest BCUT2D eigenvalue weighted by molar-refractivity contribution is -0.153. The summed E-state index contributed by atoms with van der Waals surface area (Å²) in [7, 11) is 1.16. The quantitative estimate of drug-likeness (QED) is 0.629. The molecule has 0 saturated carbocycles. The van der Waals surface area contributed by atoms with Crippen LogP contribution < -0.4 is 14.8 Å². The van der Waals surface area contributed by atoms with Crippen molar-refractivity contribution in [1.82, 2.24) is 4.98 Å². The summed E-state index contributed by atoms with van der Waals surface area (Å²) in [5.41, 5.74) is -1.40. The van der Waals surface area contributed by atoms with Gasteiger partial charge in [-0.1, -0.05) is 0 Å². The number of aromatic nitrogens is 1. The molecule has 0 aliphatic carbocycles. The molecule has 2 aromatic rings. The van der Waals surface area contributed by atoms with Crippen molar-refractivity contribution in [2.24, 2.45) is 0 Å². The van der Waals surface area contributed by atoms with E-state index in [9.17, 15) is 30.7 Å². The molecule has 0 atom stereocenters. The molecule has 0 fully saturated rings. The molecule has 1 N–H and O–H groups in total. The van der Waals surface area contributed by atoms with Gasteiger partial charge in [0.1, 0.15) is 5.69 Å². The molecule has 0 aliphatic rings. The number of hydrogen-bond donors (Lipinski definition) is 1. The van der Waals surface area contributed by atoms with Crippen LogP contribution >= 0.6 is 0 Å². The lowest BCUT2D eigenvalue weighted by Crippen LogP contribution is -2.19. The average molecular weight is 370 g/mol. The zero-order valence-corrected chi connectivity index (χ0v) is 12.3. The van der Waals surface area contributed by atoms with E-state index in [0.29, 0.717) is 0 Å². The highest BCUT2D eigenvalue weighted by molar-refractivity contribution is 5.64. The Balaban J connectivity index is 2.35. The fraction of sp³-hybridized carbons (Fsp3) is 0.214. The van der Waals surface area contributed by atoms with E-state index < -0.39 is 47.7 Å². The molecule has 0 aliphatic heterocycles. The smallest absolute Gasteiger partial charge is 0.422 e. The van der Waals surface area contributed by atoms with Crippen LogP contribution in [0.15, 0.2) is 18.2 Å². The summed E-state index contributed by atoms with van der Waals surface area (Å²) in [5, 5.41) is 2.02. The molecule has 0 saturated heterocycles. The minimum Gasteiger partial charge on any atom is -0.493 e. The van der Waals surface area contributed by atoms with Gasteiger partial charge in [0.25, 0.3) is 11.9 Å². The van der Waals surface area contributed by atoms with Crippen molar-refractivity contribution in [2.45, 2.75) is 6.18 Å². The summed E-state index contributed by atoms with van der Waals surface area (Å²) >= 11 is 0. The third-order valence-electron chi connectivity index (χ3n) is 2.82. The molecule has 1 aromatic carbocycles. The van der Waals surface area contributed by atoms with E-state index in [1.165, 1.54) is 0 Å². The van der Waals surface area contributed by atoms with Gasteiger partial charge in [0.2, 0.25) is 11.6 Å². The van der Waals surface area contributed by atoms with Crippen LogP contribution in [0, 0.1) is 23.5 Å². The predicted molar refractivity (Wildman–Crippen MR) is 71.9 cm³/mol. The van der Waals surface area contributed by atoms with Crippen molar-refractivity contribution in [3.8, 4) is 11.5 Å². The van der Waals surface area contributed by atoms with Gasteiger partial charge in [0.15, 0.2) is 18.1 Å². The maximum absolute atomic E-state index is 13.6. The van der Waals surface area contributed by atoms with Gasteiger partial charge in [0, 0.05) is 11.8 Å². The van der Waals surface area contributed by atoms with Crippen molar-refractivity contribution in [2.75, 3.05) is 19.0 Å². The summed E-state index contributed by atoms with van der Waals surface area (Å²) in [6.07, 6.45) is -4.63. The summed E-state index contributed by atoms with van der Waals surface area (Å²) in [6, 6.07) is 3.20. The van der Waals surface area contributed by atoms with E-state index in [0.717, 1.165) is 25.3 Å². The molecule has 2 rings (SSSR count). The van der Waals surface area contributed by atoms with Crippen molar-refractivity contribution in [1.29, 1.82) is 0 Å². The van der Waals surface area contributed by atoms with Crippen LogP contribution in [0.25, 0.3) is 0 Å². The molecule has 0 radical (unpaired) electrons. The normalized spacial score (nSPS) is 11.4. The van der Waals surface area contributed by atoms with Crippen molar-refractivity contribution < 1.29 is 40.2 Å². The van der Waals surface area contributed by atoms with Crippen molar-refractivity contribution >= 4 is 11.4 Å². The van der Waals surface area contributed by atoms with Gasteiger partial charge in [-0.25, -0.2) is 0 Å². The molecule has 11 heteroatoms. The molecule has 1 aromatic heterocycles. The highest BCUT2D eigenvalue weighted by Crippen LogP contribution is 2.34.